The molecule has 84 valence electrons. The van der Waals surface area contributed by atoms with Crippen LogP contribution in [-0.2, 0) is 7.05 Å². The Kier molecular flexibility index (Phi) is 2.51. The molecule has 0 saturated heterocycles. The summed E-state index contributed by atoms with van der Waals surface area (Å²) in [5, 5.41) is 3.09. The van der Waals surface area contributed by atoms with Gasteiger partial charge in [-0.15, -0.1) is 11.3 Å². The van der Waals surface area contributed by atoms with Gasteiger partial charge in [0.05, 0.1) is 16.6 Å². The molecule has 0 radical (unpaired) electrons. The van der Waals surface area contributed by atoms with E-state index in [1.807, 2.05) is 0 Å². The highest BCUT2D eigenvalue weighted by molar-refractivity contribution is 7.20. The molecule has 0 aliphatic heterocycles. The van der Waals surface area contributed by atoms with Gasteiger partial charge >= 0.3 is 0 Å². The van der Waals surface area contributed by atoms with E-state index in [2.05, 4.69) is 10.3 Å². The van der Waals surface area contributed by atoms with Crippen LogP contribution >= 0.6 is 11.3 Å². The number of aromatic nitrogens is 2. The predicted molar refractivity (Wildman–Crippen MR) is 63.0 cm³/mol. The van der Waals surface area contributed by atoms with Gasteiger partial charge in [-0.05, 0) is 12.5 Å². The quantitative estimate of drug-likeness (QED) is 0.792. The van der Waals surface area contributed by atoms with Crippen molar-refractivity contribution in [3.8, 4) is 0 Å². The van der Waals surface area contributed by atoms with Crippen molar-refractivity contribution < 1.29 is 4.79 Å². The maximum Gasteiger partial charge on any atom is 0.262 e. The number of carbonyl (C=O) groups is 1. The summed E-state index contributed by atoms with van der Waals surface area (Å²) in [5.41, 5.74) is 0.585. The largest absolute Gasteiger partial charge is 0.354 e. The van der Waals surface area contributed by atoms with E-state index in [9.17, 15) is 9.59 Å². The number of nitrogens with zero attached hydrogens (tertiary/aromatic N) is 2. The predicted octanol–water partition coefficient (Wildman–Crippen LogP) is 0.663. The molecule has 0 saturated carbocycles. The lowest BCUT2D eigenvalue weighted by Crippen LogP contribution is -2.18. The van der Waals surface area contributed by atoms with Crippen LogP contribution in [0.5, 0.6) is 0 Å². The van der Waals surface area contributed by atoms with Crippen LogP contribution in [0.25, 0.3) is 10.2 Å². The number of hydrogen-bond donors (Lipinski definition) is 1. The molecule has 1 amide bonds. The lowest BCUT2D eigenvalue weighted by molar-refractivity contribution is 0.0966. The Labute approximate surface area is 95.7 Å². The third-order valence-corrected chi connectivity index (χ3v) is 3.64. The highest BCUT2D eigenvalue weighted by atomic mass is 32.1. The number of amides is 1. The van der Waals surface area contributed by atoms with Gasteiger partial charge < -0.3 is 9.88 Å². The number of carbonyl (C=O) groups excluding carboxylic acids is 1. The number of hydrogen-bond acceptors (Lipinski definition) is 4. The van der Waals surface area contributed by atoms with Crippen molar-refractivity contribution in [3.05, 3.63) is 27.1 Å². The minimum Gasteiger partial charge on any atom is -0.354 e. The van der Waals surface area contributed by atoms with Crippen LogP contribution < -0.4 is 10.9 Å². The van der Waals surface area contributed by atoms with Crippen LogP contribution in [0.1, 0.15) is 15.2 Å². The van der Waals surface area contributed by atoms with E-state index < -0.39 is 0 Å². The first-order valence-corrected chi connectivity index (χ1v) is 5.54. The van der Waals surface area contributed by atoms with Crippen molar-refractivity contribution in [1.29, 1.82) is 0 Å². The summed E-state index contributed by atoms with van der Waals surface area (Å²) in [6, 6.07) is 0. The Balaban J connectivity index is 2.84. The van der Waals surface area contributed by atoms with Crippen molar-refractivity contribution >= 4 is 27.5 Å². The third-order valence-electron chi connectivity index (χ3n) is 2.44. The summed E-state index contributed by atoms with van der Waals surface area (Å²) >= 11 is 1.24. The molecule has 0 unspecified atom stereocenters. The number of thiophene rings is 1. The SMILES string of the molecule is CNC(=O)c1sc2ncn(C)c(=O)c2c1C. The lowest BCUT2D eigenvalue weighted by Gasteiger charge is -1.97. The van der Waals surface area contributed by atoms with Crippen molar-refractivity contribution in [2.45, 2.75) is 6.92 Å². The zero-order valence-electron chi connectivity index (χ0n) is 9.20. The monoisotopic (exact) mass is 237 g/mol. The molecule has 16 heavy (non-hydrogen) atoms. The van der Waals surface area contributed by atoms with Crippen LogP contribution in [0.2, 0.25) is 0 Å². The molecule has 0 atom stereocenters. The molecule has 6 heteroatoms. The fraction of sp³-hybridized carbons (Fsp3) is 0.300. The molecule has 2 heterocycles. The van der Waals surface area contributed by atoms with Gasteiger partial charge in [0.25, 0.3) is 11.5 Å². The van der Waals surface area contributed by atoms with Gasteiger partial charge in [0, 0.05) is 14.1 Å². The average molecular weight is 237 g/mol. The third kappa shape index (κ3) is 1.42. The molecular weight excluding hydrogens is 226 g/mol. The summed E-state index contributed by atoms with van der Waals surface area (Å²) in [7, 11) is 3.21. The molecule has 0 aliphatic carbocycles. The Morgan fingerprint density at radius 2 is 2.25 bits per heavy atom. The molecule has 0 bridgehead atoms. The molecular formula is C10H11N3O2S. The molecule has 5 nitrogen and oxygen atoms in total. The standard InChI is InChI=1S/C10H11N3O2S/c1-5-6-9(12-4-13(3)10(6)15)16-7(5)8(14)11-2/h4H,1-3H3,(H,11,14). The van der Waals surface area contributed by atoms with E-state index in [0.29, 0.717) is 20.7 Å². The van der Waals surface area contributed by atoms with E-state index in [0.717, 1.165) is 0 Å². The highest BCUT2D eigenvalue weighted by Crippen LogP contribution is 2.26. The van der Waals surface area contributed by atoms with E-state index in [1.54, 1.807) is 21.0 Å². The van der Waals surface area contributed by atoms with E-state index in [-0.39, 0.29) is 11.5 Å². The number of nitrogens with one attached hydrogen (secondary N) is 1. The fourth-order valence-corrected chi connectivity index (χ4v) is 2.62. The van der Waals surface area contributed by atoms with Gasteiger partial charge in [0.15, 0.2) is 0 Å². The number of aryl methyl sites for hydroxylation is 2. The Hall–Kier alpha value is -1.69. The summed E-state index contributed by atoms with van der Waals surface area (Å²) < 4.78 is 1.41. The van der Waals surface area contributed by atoms with Gasteiger partial charge in [0.2, 0.25) is 0 Å². The zero-order valence-corrected chi connectivity index (χ0v) is 10.0. The topological polar surface area (TPSA) is 64.0 Å². The molecule has 0 aliphatic rings. The van der Waals surface area contributed by atoms with Crippen molar-refractivity contribution in [2.24, 2.45) is 7.05 Å². The second-order valence-corrected chi connectivity index (χ2v) is 4.48. The van der Waals surface area contributed by atoms with Gasteiger partial charge in [-0.3, -0.25) is 9.59 Å². The van der Waals surface area contributed by atoms with Crippen molar-refractivity contribution in [3.63, 3.8) is 0 Å². The Morgan fingerprint density at radius 3 is 2.88 bits per heavy atom. The lowest BCUT2D eigenvalue weighted by atomic mass is 10.2. The Morgan fingerprint density at radius 1 is 1.56 bits per heavy atom. The second kappa shape index (κ2) is 3.71. The smallest absolute Gasteiger partial charge is 0.262 e. The fourth-order valence-electron chi connectivity index (χ4n) is 1.54. The maximum absolute atomic E-state index is 11.9. The van der Waals surface area contributed by atoms with E-state index >= 15 is 0 Å². The summed E-state index contributed by atoms with van der Waals surface area (Å²) in [6.45, 7) is 1.77. The van der Waals surface area contributed by atoms with Crippen LogP contribution in [0.3, 0.4) is 0 Å². The second-order valence-electron chi connectivity index (χ2n) is 3.48. The van der Waals surface area contributed by atoms with Crippen LogP contribution in [0.15, 0.2) is 11.1 Å². The molecule has 0 aromatic carbocycles. The van der Waals surface area contributed by atoms with E-state index in [1.165, 1.54) is 22.2 Å². The first kappa shape index (κ1) is 10.8. The molecule has 0 spiro atoms. The normalized spacial score (nSPS) is 10.7. The summed E-state index contributed by atoms with van der Waals surface area (Å²) in [4.78, 5) is 28.7. The van der Waals surface area contributed by atoms with E-state index in [4.69, 9.17) is 0 Å². The van der Waals surface area contributed by atoms with Crippen LogP contribution in [-0.4, -0.2) is 22.5 Å². The van der Waals surface area contributed by atoms with Crippen LogP contribution in [0, 0.1) is 6.92 Å². The van der Waals surface area contributed by atoms with Gasteiger partial charge in [-0.1, -0.05) is 0 Å². The molecule has 2 rings (SSSR count). The number of rotatable bonds is 1. The molecule has 0 fully saturated rings. The van der Waals surface area contributed by atoms with Crippen LogP contribution in [0.4, 0.5) is 0 Å². The van der Waals surface area contributed by atoms with Gasteiger partial charge in [0.1, 0.15) is 4.83 Å². The molecule has 2 aromatic heterocycles. The van der Waals surface area contributed by atoms with Gasteiger partial charge in [-0.25, -0.2) is 4.98 Å². The average Bonchev–Trinajstić information content (AvgIpc) is 2.61. The minimum absolute atomic E-state index is 0.117. The minimum atomic E-state index is -0.178. The summed E-state index contributed by atoms with van der Waals surface area (Å²) in [6.07, 6.45) is 1.47. The van der Waals surface area contributed by atoms with Gasteiger partial charge in [-0.2, -0.15) is 0 Å². The highest BCUT2D eigenvalue weighted by Gasteiger charge is 2.17. The summed E-state index contributed by atoms with van der Waals surface area (Å²) in [5.74, 6) is -0.178. The van der Waals surface area contributed by atoms with Crippen molar-refractivity contribution in [2.75, 3.05) is 7.05 Å². The van der Waals surface area contributed by atoms with Crippen molar-refractivity contribution in [1.82, 2.24) is 14.9 Å². The molecule has 2 aromatic rings. The first-order chi connectivity index (χ1) is 7.56. The molecule has 1 N–H and O–H groups in total. The number of fused-ring (bicyclic) bond motifs is 1. The Bertz CT molecular complexity index is 627. The maximum atomic E-state index is 11.9. The first-order valence-electron chi connectivity index (χ1n) is 4.73. The zero-order chi connectivity index (χ0) is 11.9.